The summed E-state index contributed by atoms with van der Waals surface area (Å²) >= 11 is 0. The van der Waals surface area contributed by atoms with Gasteiger partial charge < -0.3 is 10.1 Å². The summed E-state index contributed by atoms with van der Waals surface area (Å²) in [6.45, 7) is 6.25. The van der Waals surface area contributed by atoms with E-state index in [9.17, 15) is 4.79 Å². The van der Waals surface area contributed by atoms with Gasteiger partial charge in [-0.15, -0.1) is 0 Å². The summed E-state index contributed by atoms with van der Waals surface area (Å²) in [6, 6.07) is 0.367. The topological polar surface area (TPSA) is 41.6 Å². The fourth-order valence-electron chi connectivity index (χ4n) is 1.96. The van der Waals surface area contributed by atoms with Crippen LogP contribution in [-0.2, 0) is 9.53 Å². The summed E-state index contributed by atoms with van der Waals surface area (Å²) in [6.07, 6.45) is 0. The van der Waals surface area contributed by atoms with E-state index in [0.717, 1.165) is 6.54 Å². The number of hydrogen-bond donors (Lipinski definition) is 1. The lowest BCUT2D eigenvalue weighted by molar-refractivity contribution is -0.124. The number of nitrogens with zero attached hydrogens (tertiary/aromatic N) is 1. The highest BCUT2D eigenvalue weighted by Crippen LogP contribution is 2.21. The van der Waals surface area contributed by atoms with Gasteiger partial charge in [0.25, 0.3) is 0 Å². The Balaban J connectivity index is 2.19. The van der Waals surface area contributed by atoms with Crippen LogP contribution < -0.4 is 5.32 Å². The largest absolute Gasteiger partial charge is 0.364 e. The van der Waals surface area contributed by atoms with Gasteiger partial charge in [-0.1, -0.05) is 6.92 Å². The highest BCUT2D eigenvalue weighted by atomic mass is 16.5. The molecule has 0 bridgehead atoms. The molecule has 2 rings (SSSR count). The quantitative estimate of drug-likeness (QED) is 0.567. The van der Waals surface area contributed by atoms with Gasteiger partial charge in [0.05, 0.1) is 6.61 Å². The molecule has 4 heteroatoms. The molecule has 0 aliphatic carbocycles. The van der Waals surface area contributed by atoms with E-state index in [-0.39, 0.29) is 11.9 Å². The van der Waals surface area contributed by atoms with E-state index in [4.69, 9.17) is 4.74 Å². The molecule has 2 aliphatic rings. The van der Waals surface area contributed by atoms with Crippen molar-refractivity contribution in [3.05, 3.63) is 0 Å². The highest BCUT2D eigenvalue weighted by molar-refractivity contribution is 5.82. The van der Waals surface area contributed by atoms with E-state index < -0.39 is 0 Å². The summed E-state index contributed by atoms with van der Waals surface area (Å²) in [5, 5.41) is 2.94. The third kappa shape index (κ3) is 1.44. The Morgan fingerprint density at radius 3 is 3.08 bits per heavy atom. The fourth-order valence-corrected chi connectivity index (χ4v) is 1.96. The van der Waals surface area contributed by atoms with E-state index in [0.29, 0.717) is 25.3 Å². The Kier molecular flexibility index (Phi) is 2.26. The molecule has 0 aromatic rings. The maximum Gasteiger partial charge on any atom is 0.239 e. The molecule has 0 spiro atoms. The first-order valence-electron chi connectivity index (χ1n) is 4.81. The molecule has 0 radical (unpaired) electrons. The minimum absolute atomic E-state index is 0.0556. The van der Waals surface area contributed by atoms with Crippen molar-refractivity contribution in [1.82, 2.24) is 10.2 Å². The van der Waals surface area contributed by atoms with Crippen LogP contribution in [0.4, 0.5) is 0 Å². The van der Waals surface area contributed by atoms with Crippen LogP contribution in [-0.4, -0.2) is 42.8 Å². The number of hydrogen-bond acceptors (Lipinski definition) is 3. The van der Waals surface area contributed by atoms with Crippen LogP contribution in [0.3, 0.4) is 0 Å². The predicted molar refractivity (Wildman–Crippen MR) is 48.1 cm³/mol. The molecule has 0 aromatic heterocycles. The minimum Gasteiger partial charge on any atom is -0.364 e. The SMILES string of the molecule is C[C@@H]1CNC(=O)C2COCN2[C@@H]1C. The zero-order chi connectivity index (χ0) is 9.42. The second-order valence-corrected chi connectivity index (χ2v) is 3.99. The second-order valence-electron chi connectivity index (χ2n) is 3.99. The molecule has 2 saturated heterocycles. The number of carbonyl (C=O) groups is 1. The van der Waals surface area contributed by atoms with Gasteiger partial charge in [0.1, 0.15) is 12.8 Å². The predicted octanol–water partition coefficient (Wildman–Crippen LogP) is -0.201. The van der Waals surface area contributed by atoms with Crippen molar-refractivity contribution in [3.63, 3.8) is 0 Å². The average molecular weight is 184 g/mol. The van der Waals surface area contributed by atoms with Crippen LogP contribution in [0.15, 0.2) is 0 Å². The Bertz CT molecular complexity index is 220. The van der Waals surface area contributed by atoms with Crippen LogP contribution in [0.5, 0.6) is 0 Å². The van der Waals surface area contributed by atoms with Gasteiger partial charge in [-0.3, -0.25) is 9.69 Å². The normalized spacial score (nSPS) is 41.1. The summed E-state index contributed by atoms with van der Waals surface area (Å²) in [4.78, 5) is 13.7. The maximum absolute atomic E-state index is 11.6. The summed E-state index contributed by atoms with van der Waals surface area (Å²) in [5.74, 6) is 0.615. The fraction of sp³-hybridized carbons (Fsp3) is 0.889. The van der Waals surface area contributed by atoms with E-state index in [1.54, 1.807) is 0 Å². The van der Waals surface area contributed by atoms with Crippen LogP contribution in [0.2, 0.25) is 0 Å². The van der Waals surface area contributed by atoms with E-state index in [1.807, 2.05) is 0 Å². The first-order chi connectivity index (χ1) is 6.20. The van der Waals surface area contributed by atoms with Gasteiger partial charge in [-0.05, 0) is 12.8 Å². The molecular weight excluding hydrogens is 168 g/mol. The van der Waals surface area contributed by atoms with Gasteiger partial charge in [0.2, 0.25) is 5.91 Å². The third-order valence-electron chi connectivity index (χ3n) is 3.16. The molecule has 2 heterocycles. The number of amides is 1. The van der Waals surface area contributed by atoms with E-state index in [2.05, 4.69) is 24.1 Å². The molecule has 4 nitrogen and oxygen atoms in total. The molecule has 1 unspecified atom stereocenters. The zero-order valence-corrected chi connectivity index (χ0v) is 8.12. The Morgan fingerprint density at radius 2 is 2.31 bits per heavy atom. The van der Waals surface area contributed by atoms with Gasteiger partial charge in [0, 0.05) is 12.6 Å². The van der Waals surface area contributed by atoms with Crippen molar-refractivity contribution >= 4 is 5.91 Å². The molecule has 3 atom stereocenters. The number of rotatable bonds is 0. The molecule has 13 heavy (non-hydrogen) atoms. The molecule has 2 aliphatic heterocycles. The highest BCUT2D eigenvalue weighted by Gasteiger charge is 2.38. The van der Waals surface area contributed by atoms with Gasteiger partial charge in [-0.25, -0.2) is 0 Å². The van der Waals surface area contributed by atoms with Gasteiger partial charge >= 0.3 is 0 Å². The first kappa shape index (κ1) is 8.97. The van der Waals surface area contributed by atoms with E-state index >= 15 is 0 Å². The lowest BCUT2D eigenvalue weighted by Gasteiger charge is -2.27. The van der Waals surface area contributed by atoms with Crippen molar-refractivity contribution in [1.29, 1.82) is 0 Å². The summed E-state index contributed by atoms with van der Waals surface area (Å²) in [5.41, 5.74) is 0. The number of fused-ring (bicyclic) bond motifs is 1. The average Bonchev–Trinajstić information content (AvgIpc) is 2.57. The number of carbonyl (C=O) groups excluding carboxylic acids is 1. The molecule has 2 fully saturated rings. The van der Waals surface area contributed by atoms with Crippen molar-refractivity contribution in [2.75, 3.05) is 19.9 Å². The molecule has 1 N–H and O–H groups in total. The Hall–Kier alpha value is -0.610. The number of nitrogens with one attached hydrogen (secondary N) is 1. The first-order valence-corrected chi connectivity index (χ1v) is 4.81. The lowest BCUT2D eigenvalue weighted by atomic mass is 10.0. The summed E-state index contributed by atoms with van der Waals surface area (Å²) < 4.78 is 5.30. The number of ether oxygens (including phenoxy) is 1. The Morgan fingerprint density at radius 1 is 1.54 bits per heavy atom. The van der Waals surface area contributed by atoms with Crippen LogP contribution in [0.1, 0.15) is 13.8 Å². The van der Waals surface area contributed by atoms with Crippen LogP contribution in [0.25, 0.3) is 0 Å². The molecule has 1 amide bonds. The molecule has 0 aromatic carbocycles. The lowest BCUT2D eigenvalue weighted by Crippen LogP contribution is -2.44. The standard InChI is InChI=1S/C9H16N2O2/c1-6-3-10-9(12)8-4-13-5-11(8)7(6)2/h6-8H,3-5H2,1-2H3,(H,10,12)/t6-,7-,8?/m1/s1. The van der Waals surface area contributed by atoms with Crippen LogP contribution >= 0.6 is 0 Å². The minimum atomic E-state index is -0.0556. The zero-order valence-electron chi connectivity index (χ0n) is 8.12. The maximum atomic E-state index is 11.6. The smallest absolute Gasteiger partial charge is 0.239 e. The van der Waals surface area contributed by atoms with Crippen molar-refractivity contribution < 1.29 is 9.53 Å². The second kappa shape index (κ2) is 3.27. The van der Waals surface area contributed by atoms with Gasteiger partial charge in [0.15, 0.2) is 0 Å². The summed E-state index contributed by atoms with van der Waals surface area (Å²) in [7, 11) is 0. The monoisotopic (exact) mass is 184 g/mol. The van der Waals surface area contributed by atoms with Gasteiger partial charge in [-0.2, -0.15) is 0 Å². The molecule has 74 valence electrons. The van der Waals surface area contributed by atoms with Crippen molar-refractivity contribution in [2.45, 2.75) is 25.9 Å². The van der Waals surface area contributed by atoms with Crippen LogP contribution in [0, 0.1) is 5.92 Å². The third-order valence-corrected chi connectivity index (χ3v) is 3.16. The van der Waals surface area contributed by atoms with E-state index in [1.165, 1.54) is 0 Å². The Labute approximate surface area is 78.2 Å². The van der Waals surface area contributed by atoms with Crippen molar-refractivity contribution in [2.24, 2.45) is 5.92 Å². The molecular formula is C9H16N2O2. The molecule has 0 saturated carbocycles. The van der Waals surface area contributed by atoms with Crippen molar-refractivity contribution in [3.8, 4) is 0 Å².